The van der Waals surface area contributed by atoms with E-state index in [1.807, 2.05) is 5.32 Å². The first-order valence-corrected chi connectivity index (χ1v) is 26.0. The SMILES string of the molecule is CCC(O)/C(O)=C(\O)C(O)OCOCCC(OC(O)C(NC(C)=O)C(O)C(CCO)OC1OC(CO)C(OC(O)/C(NC(C)=O)=C(/O)C(CCO)OC2OC(COC(C)=O)C(O)C(O)C2NC)C(O)C1NC(C)=O)/C(O)=C(/NC(C)=O)C(O)O. The van der Waals surface area contributed by atoms with Crippen molar-refractivity contribution >= 4 is 29.6 Å². The zero-order chi connectivity index (χ0) is 63.9. The lowest BCUT2D eigenvalue weighted by Gasteiger charge is -2.46. The monoisotopic (exact) mass is 1230 g/mol. The molecule has 2 saturated heterocycles. The van der Waals surface area contributed by atoms with Crippen LogP contribution in [-0.4, -0.2) is 286 Å². The van der Waals surface area contributed by atoms with Crippen LogP contribution in [0.2, 0.25) is 0 Å². The third-order valence-corrected chi connectivity index (χ3v) is 12.5. The molecule has 0 aliphatic carbocycles. The van der Waals surface area contributed by atoms with Gasteiger partial charge in [0.05, 0.1) is 25.4 Å². The molecule has 0 aromatic carbocycles. The Hall–Kier alpha value is -5.11. The molecular formula is C48H83N5O31. The van der Waals surface area contributed by atoms with Crippen LogP contribution in [-0.2, 0) is 66.6 Å². The van der Waals surface area contributed by atoms with E-state index in [1.165, 1.54) is 14.0 Å². The minimum Gasteiger partial charge on any atom is -0.507 e. The lowest BCUT2D eigenvalue weighted by atomic mass is 9.95. The topological polar surface area (TPSA) is 572 Å². The summed E-state index contributed by atoms with van der Waals surface area (Å²) in [4.78, 5) is 61.3. The number of amides is 4. The summed E-state index contributed by atoms with van der Waals surface area (Å²) in [7, 11) is 1.34. The van der Waals surface area contributed by atoms with Crippen molar-refractivity contribution in [2.75, 3.05) is 46.9 Å². The number of aliphatic hydroxyl groups excluding tert-OH is 16. The summed E-state index contributed by atoms with van der Waals surface area (Å²) < 4.78 is 49.8. The fraction of sp³-hybridized carbons (Fsp3) is 0.771. The van der Waals surface area contributed by atoms with Crippen molar-refractivity contribution < 1.29 is 153 Å². The van der Waals surface area contributed by atoms with E-state index < -0.39 is 246 Å². The molecule has 2 aliphatic rings. The van der Waals surface area contributed by atoms with Gasteiger partial charge in [0.15, 0.2) is 43.0 Å². The van der Waals surface area contributed by atoms with Crippen molar-refractivity contribution in [3.05, 3.63) is 34.4 Å². The van der Waals surface area contributed by atoms with E-state index >= 15 is 0 Å². The largest absolute Gasteiger partial charge is 0.507 e. The third kappa shape index (κ3) is 22.6. The molecule has 19 atom stereocenters. The molecule has 22 N–H and O–H groups in total. The molecule has 0 bridgehead atoms. The van der Waals surface area contributed by atoms with Crippen molar-refractivity contribution in [2.24, 2.45) is 0 Å². The van der Waals surface area contributed by atoms with E-state index in [9.17, 15) is 111 Å². The molecule has 0 aromatic rings. The third-order valence-electron chi connectivity index (χ3n) is 12.5. The van der Waals surface area contributed by atoms with Gasteiger partial charge in [-0.1, -0.05) is 6.92 Å². The lowest BCUT2D eigenvalue weighted by molar-refractivity contribution is -0.311. The van der Waals surface area contributed by atoms with Gasteiger partial charge in [-0.2, -0.15) is 0 Å². The molecule has 36 heteroatoms. The number of esters is 1. The zero-order valence-corrected chi connectivity index (χ0v) is 46.9. The summed E-state index contributed by atoms with van der Waals surface area (Å²) in [6, 6.07) is -5.25. The highest BCUT2D eigenvalue weighted by atomic mass is 16.7. The molecule has 36 nitrogen and oxygen atoms in total. The Kier molecular flexibility index (Phi) is 32.8. The van der Waals surface area contributed by atoms with Crippen LogP contribution in [0.25, 0.3) is 0 Å². The summed E-state index contributed by atoms with van der Waals surface area (Å²) in [5.74, 6) is -9.03. The standard InChI is InChI=1S/C48H83N5O31/c1-8-23(62)34(63)41(70)46(75)78-17-76-14-11-26(35(64)29(43(71)72)50-18(2)57)79-44(73)30(51-19(3)58)36(65)25(10-13-55)81-48-33(53-21(5)60)40(69)42(27(15-56)82-48)84-45(74)31(52-20(4)59)37(66)24(9-12-54)80-47-32(49-7)39(68)38(67)28(83-47)16-77-22(6)61/h23-28,30,32-33,36,38-40,42-49,54-56,62-75H,8-17H2,1-7H3,(H,50,57)(H,51,58)(H,52,59)(H,53,60)/b35-29-,37-31-,41-34+. The van der Waals surface area contributed by atoms with Crippen LogP contribution in [0.4, 0.5) is 0 Å². The Morgan fingerprint density at radius 2 is 1.20 bits per heavy atom. The Bertz CT molecular complexity index is 2170. The van der Waals surface area contributed by atoms with Gasteiger partial charge in [0.1, 0.15) is 109 Å². The van der Waals surface area contributed by atoms with Crippen LogP contribution in [0.3, 0.4) is 0 Å². The van der Waals surface area contributed by atoms with Crippen LogP contribution in [0, 0.1) is 0 Å². The zero-order valence-electron chi connectivity index (χ0n) is 46.9. The number of hydrogen-bond acceptors (Lipinski definition) is 32. The van der Waals surface area contributed by atoms with Crippen LogP contribution < -0.4 is 26.6 Å². The highest BCUT2D eigenvalue weighted by Crippen LogP contribution is 2.31. The molecule has 0 aromatic heterocycles. The molecule has 486 valence electrons. The van der Waals surface area contributed by atoms with Gasteiger partial charge in [-0.3, -0.25) is 24.0 Å². The number of likely N-dealkylation sites (N-methyl/N-ethyl adjacent to an activating group) is 1. The molecule has 2 fully saturated rings. The van der Waals surface area contributed by atoms with E-state index in [0.717, 1.165) is 34.6 Å². The van der Waals surface area contributed by atoms with Gasteiger partial charge in [-0.05, 0) is 19.9 Å². The second-order valence-corrected chi connectivity index (χ2v) is 19.0. The number of carbonyl (C=O) groups excluding carboxylic acids is 5. The first-order valence-electron chi connectivity index (χ1n) is 26.0. The van der Waals surface area contributed by atoms with Crippen molar-refractivity contribution in [1.82, 2.24) is 26.6 Å². The Morgan fingerprint density at radius 1 is 0.619 bits per heavy atom. The lowest BCUT2D eigenvalue weighted by Crippen LogP contribution is -2.67. The van der Waals surface area contributed by atoms with Gasteiger partial charge in [-0.15, -0.1) is 0 Å². The molecule has 2 heterocycles. The van der Waals surface area contributed by atoms with Gasteiger partial charge in [-0.25, -0.2) is 0 Å². The number of rotatable bonds is 36. The highest BCUT2D eigenvalue weighted by Gasteiger charge is 2.51. The maximum atomic E-state index is 12.7. The van der Waals surface area contributed by atoms with Gasteiger partial charge in [0, 0.05) is 60.7 Å². The maximum absolute atomic E-state index is 12.7. The van der Waals surface area contributed by atoms with Gasteiger partial charge >= 0.3 is 5.97 Å². The van der Waals surface area contributed by atoms with Gasteiger partial charge in [0.25, 0.3) is 0 Å². The molecule has 4 amide bonds. The molecule has 19 unspecified atom stereocenters. The van der Waals surface area contributed by atoms with E-state index in [-0.39, 0.29) is 6.42 Å². The van der Waals surface area contributed by atoms with Gasteiger partial charge < -0.3 is 156 Å². The first-order chi connectivity index (χ1) is 39.4. The molecule has 0 saturated carbocycles. The van der Waals surface area contributed by atoms with Crippen molar-refractivity contribution in [1.29, 1.82) is 0 Å². The Labute approximate surface area is 480 Å². The van der Waals surface area contributed by atoms with Crippen molar-refractivity contribution in [3.63, 3.8) is 0 Å². The summed E-state index contributed by atoms with van der Waals surface area (Å²) in [6.45, 7) is 1.38. The smallest absolute Gasteiger partial charge is 0.302 e. The number of aliphatic hydroxyl groups is 17. The second kappa shape index (κ2) is 36.8. The van der Waals surface area contributed by atoms with E-state index in [4.69, 9.17) is 42.6 Å². The number of hydrogen-bond donors (Lipinski definition) is 22. The molecule has 2 rings (SSSR count). The highest BCUT2D eigenvalue weighted by molar-refractivity contribution is 5.76. The van der Waals surface area contributed by atoms with E-state index in [2.05, 4.69) is 21.3 Å². The predicted octanol–water partition coefficient (Wildman–Crippen LogP) is -8.11. The van der Waals surface area contributed by atoms with E-state index in [1.54, 1.807) is 0 Å². The van der Waals surface area contributed by atoms with Crippen LogP contribution >= 0.6 is 0 Å². The first kappa shape index (κ1) is 75.0. The summed E-state index contributed by atoms with van der Waals surface area (Å²) in [6.07, 6.45) is -35.7. The molecular weight excluding hydrogens is 1140 g/mol. The van der Waals surface area contributed by atoms with E-state index in [0.29, 0.717) is 0 Å². The molecule has 2 aliphatic heterocycles. The minimum absolute atomic E-state index is 0.0652. The summed E-state index contributed by atoms with van der Waals surface area (Å²) in [5, 5.41) is 193. The summed E-state index contributed by atoms with van der Waals surface area (Å²) in [5.41, 5.74) is -1.91. The predicted molar refractivity (Wildman–Crippen MR) is 274 cm³/mol. The number of nitrogens with one attached hydrogen (secondary N) is 5. The molecule has 84 heavy (non-hydrogen) atoms. The fourth-order valence-corrected chi connectivity index (χ4v) is 8.30. The van der Waals surface area contributed by atoms with Crippen LogP contribution in [0.5, 0.6) is 0 Å². The number of carbonyl (C=O) groups is 5. The Morgan fingerprint density at radius 3 is 1.73 bits per heavy atom. The average molecular weight is 1230 g/mol. The van der Waals surface area contributed by atoms with Gasteiger partial charge in [0.2, 0.25) is 29.9 Å². The second-order valence-electron chi connectivity index (χ2n) is 19.0. The molecule has 0 radical (unpaired) electrons. The van der Waals surface area contributed by atoms with Crippen molar-refractivity contribution in [3.8, 4) is 0 Å². The quantitative estimate of drug-likeness (QED) is 0.0120. The fourth-order valence-electron chi connectivity index (χ4n) is 8.30. The summed E-state index contributed by atoms with van der Waals surface area (Å²) >= 11 is 0. The maximum Gasteiger partial charge on any atom is 0.302 e. The van der Waals surface area contributed by atoms with Crippen molar-refractivity contribution in [2.45, 2.75) is 190 Å². The normalized spacial score (nSPS) is 27.0. The minimum atomic E-state index is -2.62. The average Bonchev–Trinajstić information content (AvgIpc) is 3.28. The molecule has 0 spiro atoms. The van der Waals surface area contributed by atoms with Crippen LogP contribution in [0.1, 0.15) is 67.2 Å². The van der Waals surface area contributed by atoms with Crippen LogP contribution in [0.15, 0.2) is 34.4 Å². The number of ether oxygens (including phenoxy) is 9. The Balaban J connectivity index is 2.58.